The summed E-state index contributed by atoms with van der Waals surface area (Å²) in [6.45, 7) is 6.04. The summed E-state index contributed by atoms with van der Waals surface area (Å²) in [6, 6.07) is 0. The summed E-state index contributed by atoms with van der Waals surface area (Å²) < 4.78 is 0. The number of hydrogen-bond donors (Lipinski definition) is 1. The quantitative estimate of drug-likeness (QED) is 0.611. The molecule has 0 aromatic rings. The Kier molecular flexibility index (Phi) is 4.13. The zero-order valence-corrected chi connectivity index (χ0v) is 7.84. The van der Waals surface area contributed by atoms with Gasteiger partial charge in [0.25, 0.3) is 0 Å². The van der Waals surface area contributed by atoms with Crippen molar-refractivity contribution >= 4 is 0 Å². The molecular weight excluding hydrogens is 148 g/mol. The van der Waals surface area contributed by atoms with Crippen molar-refractivity contribution in [2.24, 2.45) is 11.7 Å². The van der Waals surface area contributed by atoms with Gasteiger partial charge in [-0.3, -0.25) is 4.90 Å². The molecule has 0 saturated carbocycles. The normalized spacial score (nSPS) is 20.2. The molecular formula is C10H18N2. The monoisotopic (exact) mass is 166 g/mol. The van der Waals surface area contributed by atoms with Gasteiger partial charge >= 0.3 is 0 Å². The van der Waals surface area contributed by atoms with E-state index in [1.807, 2.05) is 6.92 Å². The lowest BCUT2D eigenvalue weighted by atomic mass is 9.97. The fourth-order valence-corrected chi connectivity index (χ4v) is 1.57. The first-order chi connectivity index (χ1) is 5.86. The molecule has 1 aliphatic heterocycles. The van der Waals surface area contributed by atoms with E-state index in [2.05, 4.69) is 16.7 Å². The van der Waals surface area contributed by atoms with E-state index in [9.17, 15) is 0 Å². The summed E-state index contributed by atoms with van der Waals surface area (Å²) in [4.78, 5) is 2.41. The van der Waals surface area contributed by atoms with Gasteiger partial charge in [0.1, 0.15) is 0 Å². The number of likely N-dealkylation sites (tertiary alicyclic amines) is 1. The van der Waals surface area contributed by atoms with E-state index < -0.39 is 0 Å². The maximum atomic E-state index is 5.60. The molecule has 0 aromatic carbocycles. The largest absolute Gasteiger partial charge is 0.330 e. The average Bonchev–Trinajstić information content (AvgIpc) is 2.15. The van der Waals surface area contributed by atoms with Crippen LogP contribution in [0.4, 0.5) is 0 Å². The van der Waals surface area contributed by atoms with E-state index in [1.54, 1.807) is 0 Å². The molecule has 1 saturated heterocycles. The summed E-state index contributed by atoms with van der Waals surface area (Å²) in [5.41, 5.74) is 5.60. The molecule has 0 bridgehead atoms. The van der Waals surface area contributed by atoms with Crippen molar-refractivity contribution in [3.05, 3.63) is 0 Å². The Labute approximate surface area is 75.1 Å². The lowest BCUT2D eigenvalue weighted by Gasteiger charge is -2.29. The molecule has 0 unspecified atom stereocenters. The molecule has 12 heavy (non-hydrogen) atoms. The molecule has 1 heterocycles. The van der Waals surface area contributed by atoms with E-state index in [0.29, 0.717) is 0 Å². The van der Waals surface area contributed by atoms with Crippen molar-refractivity contribution in [3.8, 4) is 11.8 Å². The highest BCUT2D eigenvalue weighted by Gasteiger charge is 2.16. The first-order valence-corrected chi connectivity index (χ1v) is 4.69. The van der Waals surface area contributed by atoms with Gasteiger partial charge in [-0.25, -0.2) is 0 Å². The Balaban J connectivity index is 2.20. The van der Waals surface area contributed by atoms with Crippen molar-refractivity contribution < 1.29 is 0 Å². The van der Waals surface area contributed by atoms with Crippen LogP contribution in [-0.2, 0) is 0 Å². The molecule has 0 amide bonds. The highest BCUT2D eigenvalue weighted by Crippen LogP contribution is 2.14. The van der Waals surface area contributed by atoms with Crippen molar-refractivity contribution in [1.29, 1.82) is 0 Å². The Morgan fingerprint density at radius 1 is 1.42 bits per heavy atom. The third-order valence-corrected chi connectivity index (χ3v) is 2.52. The highest BCUT2D eigenvalue weighted by atomic mass is 15.1. The molecule has 2 nitrogen and oxygen atoms in total. The van der Waals surface area contributed by atoms with Gasteiger partial charge in [-0.05, 0) is 45.3 Å². The van der Waals surface area contributed by atoms with Crippen LogP contribution in [0.25, 0.3) is 0 Å². The summed E-state index contributed by atoms with van der Waals surface area (Å²) in [7, 11) is 0. The molecule has 1 rings (SSSR count). The summed E-state index contributed by atoms with van der Waals surface area (Å²) in [5.74, 6) is 6.78. The molecule has 0 spiro atoms. The van der Waals surface area contributed by atoms with Crippen molar-refractivity contribution in [2.75, 3.05) is 26.2 Å². The minimum absolute atomic E-state index is 0.760. The van der Waals surface area contributed by atoms with E-state index in [-0.39, 0.29) is 0 Å². The molecule has 1 aliphatic rings. The van der Waals surface area contributed by atoms with Crippen LogP contribution in [0.5, 0.6) is 0 Å². The molecule has 0 radical (unpaired) electrons. The van der Waals surface area contributed by atoms with Gasteiger partial charge in [0.05, 0.1) is 6.54 Å². The van der Waals surface area contributed by atoms with E-state index >= 15 is 0 Å². The molecule has 0 aliphatic carbocycles. The molecule has 0 atom stereocenters. The van der Waals surface area contributed by atoms with Gasteiger partial charge in [0.15, 0.2) is 0 Å². The predicted molar refractivity (Wildman–Crippen MR) is 51.7 cm³/mol. The van der Waals surface area contributed by atoms with Gasteiger partial charge < -0.3 is 5.73 Å². The zero-order valence-electron chi connectivity index (χ0n) is 7.84. The van der Waals surface area contributed by atoms with Gasteiger partial charge in [-0.1, -0.05) is 5.92 Å². The summed E-state index contributed by atoms with van der Waals surface area (Å²) in [5, 5.41) is 0. The van der Waals surface area contributed by atoms with Gasteiger partial charge in [-0.15, -0.1) is 5.92 Å². The van der Waals surface area contributed by atoms with Crippen LogP contribution in [0.2, 0.25) is 0 Å². The number of piperidine rings is 1. The summed E-state index contributed by atoms with van der Waals surface area (Å²) in [6.07, 6.45) is 2.50. The Morgan fingerprint density at radius 3 is 2.58 bits per heavy atom. The van der Waals surface area contributed by atoms with Crippen molar-refractivity contribution in [3.63, 3.8) is 0 Å². The zero-order chi connectivity index (χ0) is 8.81. The number of nitrogens with two attached hydrogens (primary N) is 1. The van der Waals surface area contributed by atoms with Crippen LogP contribution < -0.4 is 5.73 Å². The van der Waals surface area contributed by atoms with Crippen LogP contribution in [0.15, 0.2) is 0 Å². The van der Waals surface area contributed by atoms with Crippen LogP contribution in [0.3, 0.4) is 0 Å². The number of rotatable bonds is 2. The number of hydrogen-bond acceptors (Lipinski definition) is 2. The standard InChI is InChI=1S/C10H18N2/c1-2-3-6-12-7-4-10(9-11)5-8-12/h10H,4-9,11H2,1H3. The van der Waals surface area contributed by atoms with Crippen LogP contribution in [0, 0.1) is 17.8 Å². The molecule has 68 valence electrons. The van der Waals surface area contributed by atoms with Gasteiger partial charge in [-0.2, -0.15) is 0 Å². The molecule has 2 heteroatoms. The minimum Gasteiger partial charge on any atom is -0.330 e. The lowest BCUT2D eigenvalue weighted by Crippen LogP contribution is -2.36. The first kappa shape index (κ1) is 9.57. The molecule has 0 aromatic heterocycles. The predicted octanol–water partition coefficient (Wildman–Crippen LogP) is 0.680. The average molecular weight is 166 g/mol. The number of nitrogens with zero attached hydrogens (tertiary/aromatic N) is 1. The SMILES string of the molecule is CC#CCN1CCC(CN)CC1. The first-order valence-electron chi connectivity index (χ1n) is 4.69. The Morgan fingerprint density at radius 2 is 2.08 bits per heavy atom. The van der Waals surface area contributed by atoms with Crippen molar-refractivity contribution in [2.45, 2.75) is 19.8 Å². The molecule has 2 N–H and O–H groups in total. The second-order valence-corrected chi connectivity index (χ2v) is 3.38. The van der Waals surface area contributed by atoms with E-state index in [4.69, 9.17) is 5.73 Å². The fourth-order valence-electron chi connectivity index (χ4n) is 1.57. The summed E-state index contributed by atoms with van der Waals surface area (Å²) >= 11 is 0. The Hall–Kier alpha value is -0.520. The maximum Gasteiger partial charge on any atom is 0.0601 e. The third kappa shape index (κ3) is 2.84. The van der Waals surface area contributed by atoms with Gasteiger partial charge in [0, 0.05) is 0 Å². The smallest absolute Gasteiger partial charge is 0.0601 e. The lowest BCUT2D eigenvalue weighted by molar-refractivity contribution is 0.207. The second kappa shape index (κ2) is 5.18. The van der Waals surface area contributed by atoms with E-state index in [1.165, 1.54) is 25.9 Å². The Bertz CT molecular complexity index is 170. The maximum absolute atomic E-state index is 5.60. The van der Waals surface area contributed by atoms with Crippen LogP contribution >= 0.6 is 0 Å². The van der Waals surface area contributed by atoms with Gasteiger partial charge in [0.2, 0.25) is 0 Å². The van der Waals surface area contributed by atoms with Crippen LogP contribution in [-0.4, -0.2) is 31.1 Å². The van der Waals surface area contributed by atoms with Crippen LogP contribution in [0.1, 0.15) is 19.8 Å². The fraction of sp³-hybridized carbons (Fsp3) is 0.800. The topological polar surface area (TPSA) is 29.3 Å². The van der Waals surface area contributed by atoms with E-state index in [0.717, 1.165) is 19.0 Å². The minimum atomic E-state index is 0.760. The third-order valence-electron chi connectivity index (χ3n) is 2.52. The second-order valence-electron chi connectivity index (χ2n) is 3.38. The molecule has 1 fully saturated rings. The van der Waals surface area contributed by atoms with Crippen molar-refractivity contribution in [1.82, 2.24) is 4.90 Å². The highest BCUT2D eigenvalue weighted by molar-refractivity contribution is 4.98.